The van der Waals surface area contributed by atoms with Gasteiger partial charge in [-0.05, 0) is 55.2 Å². The van der Waals surface area contributed by atoms with Gasteiger partial charge in [0, 0.05) is 21.7 Å². The summed E-state index contributed by atoms with van der Waals surface area (Å²) in [5.74, 6) is 0.649. The molecular formula is C22H22Cl2O2. The molecule has 1 fully saturated rings. The van der Waals surface area contributed by atoms with Crippen LogP contribution in [0.25, 0.3) is 12.2 Å². The molecule has 0 unspecified atom stereocenters. The van der Waals surface area contributed by atoms with E-state index in [0.717, 1.165) is 30.7 Å². The van der Waals surface area contributed by atoms with Gasteiger partial charge in [0.15, 0.2) is 0 Å². The fraction of sp³-hybridized carbons (Fsp3) is 0.273. The van der Waals surface area contributed by atoms with E-state index in [1.165, 1.54) is 17.7 Å². The molecule has 2 aromatic rings. The van der Waals surface area contributed by atoms with E-state index in [1.807, 2.05) is 12.1 Å². The van der Waals surface area contributed by atoms with Crippen LogP contribution in [0.5, 0.6) is 11.5 Å². The lowest BCUT2D eigenvalue weighted by Gasteiger charge is -2.31. The van der Waals surface area contributed by atoms with Gasteiger partial charge in [-0.25, -0.2) is 0 Å². The molecule has 0 aromatic heterocycles. The monoisotopic (exact) mass is 388 g/mol. The van der Waals surface area contributed by atoms with E-state index < -0.39 is 0 Å². The first-order chi connectivity index (χ1) is 12.5. The molecule has 0 amide bonds. The van der Waals surface area contributed by atoms with E-state index in [-0.39, 0.29) is 22.4 Å². The molecule has 2 aromatic carbocycles. The van der Waals surface area contributed by atoms with Crippen molar-refractivity contribution in [2.45, 2.75) is 37.5 Å². The second kappa shape index (κ2) is 7.77. The first-order valence-corrected chi connectivity index (χ1v) is 9.51. The standard InChI is InChI=1S/C22H22Cl2O2/c1-3-17-18(4-2)22(26)20(24)19(21(17)25)15-7-5-13(6-8-15)14-9-11-16(23)12-10-14/h3-4,9-13,15,25-26H,1-2,5-8H2. The number of hydrogen-bond donors (Lipinski definition) is 2. The van der Waals surface area contributed by atoms with Crippen molar-refractivity contribution in [3.63, 3.8) is 0 Å². The molecule has 0 aliphatic heterocycles. The molecule has 4 heteroatoms. The molecule has 0 atom stereocenters. The van der Waals surface area contributed by atoms with Gasteiger partial charge in [-0.15, -0.1) is 0 Å². The third-order valence-corrected chi connectivity index (χ3v) is 6.02. The van der Waals surface area contributed by atoms with Crippen molar-refractivity contribution in [1.82, 2.24) is 0 Å². The minimum absolute atomic E-state index is 0.0378. The number of aromatic hydroxyl groups is 2. The highest BCUT2D eigenvalue weighted by molar-refractivity contribution is 6.33. The molecule has 0 spiro atoms. The molecule has 1 aliphatic rings. The number of phenols is 2. The maximum absolute atomic E-state index is 10.7. The Hall–Kier alpha value is -1.90. The van der Waals surface area contributed by atoms with E-state index in [0.29, 0.717) is 22.6 Å². The lowest BCUT2D eigenvalue weighted by atomic mass is 9.75. The summed E-state index contributed by atoms with van der Waals surface area (Å²) in [5, 5.41) is 22.1. The summed E-state index contributed by atoms with van der Waals surface area (Å²) in [6, 6.07) is 8.01. The number of hydrogen-bond acceptors (Lipinski definition) is 2. The van der Waals surface area contributed by atoms with Gasteiger partial charge in [0.1, 0.15) is 11.5 Å². The van der Waals surface area contributed by atoms with Crippen LogP contribution in [-0.4, -0.2) is 10.2 Å². The minimum atomic E-state index is -0.0378. The first-order valence-electron chi connectivity index (χ1n) is 8.75. The maximum atomic E-state index is 10.7. The molecule has 0 heterocycles. The second-order valence-corrected chi connectivity index (χ2v) is 7.57. The summed E-state index contributed by atoms with van der Waals surface area (Å²) in [6.07, 6.45) is 6.80. The summed E-state index contributed by atoms with van der Waals surface area (Å²) in [6.45, 7) is 7.43. The smallest absolute Gasteiger partial charge is 0.142 e. The van der Waals surface area contributed by atoms with Gasteiger partial charge in [-0.1, -0.05) is 60.6 Å². The van der Waals surface area contributed by atoms with Crippen molar-refractivity contribution in [2.75, 3.05) is 0 Å². The average Bonchev–Trinajstić information content (AvgIpc) is 2.66. The lowest BCUT2D eigenvalue weighted by Crippen LogP contribution is -2.13. The summed E-state index contributed by atoms with van der Waals surface area (Å²) >= 11 is 12.4. The fourth-order valence-corrected chi connectivity index (χ4v) is 4.46. The molecule has 0 saturated heterocycles. The number of rotatable bonds is 4. The third kappa shape index (κ3) is 3.36. The summed E-state index contributed by atoms with van der Waals surface area (Å²) in [4.78, 5) is 0. The quantitative estimate of drug-likeness (QED) is 0.546. The Morgan fingerprint density at radius 2 is 1.31 bits per heavy atom. The molecule has 0 bridgehead atoms. The minimum Gasteiger partial charge on any atom is -0.507 e. The van der Waals surface area contributed by atoms with Crippen molar-refractivity contribution in [1.29, 1.82) is 0 Å². The number of halogens is 2. The number of benzene rings is 2. The van der Waals surface area contributed by atoms with E-state index in [9.17, 15) is 10.2 Å². The van der Waals surface area contributed by atoms with Crippen molar-refractivity contribution >= 4 is 35.4 Å². The van der Waals surface area contributed by atoms with Crippen LogP contribution in [0.15, 0.2) is 37.4 Å². The van der Waals surface area contributed by atoms with Crippen LogP contribution >= 0.6 is 23.2 Å². The lowest BCUT2D eigenvalue weighted by molar-refractivity contribution is 0.379. The first kappa shape index (κ1) is 18.9. The Bertz CT molecular complexity index is 832. The summed E-state index contributed by atoms with van der Waals surface area (Å²) in [5.41, 5.74) is 2.82. The Balaban J connectivity index is 1.87. The Labute approximate surface area is 164 Å². The SMILES string of the molecule is C=Cc1c(O)c(Cl)c(C2CCC(c3ccc(Cl)cc3)CC2)c(O)c1C=C. The van der Waals surface area contributed by atoms with Crippen molar-refractivity contribution in [3.05, 3.63) is 69.7 Å². The predicted octanol–water partition coefficient (Wildman–Crippen LogP) is 7.13. The molecule has 136 valence electrons. The Morgan fingerprint density at radius 1 is 0.808 bits per heavy atom. The number of phenolic OH excluding ortho intramolecular Hbond substituents is 2. The largest absolute Gasteiger partial charge is 0.507 e. The average molecular weight is 389 g/mol. The second-order valence-electron chi connectivity index (χ2n) is 6.76. The van der Waals surface area contributed by atoms with Gasteiger partial charge in [-0.3, -0.25) is 0 Å². The van der Waals surface area contributed by atoms with Crippen LogP contribution in [0.4, 0.5) is 0 Å². The molecule has 0 radical (unpaired) electrons. The molecule has 1 aliphatic carbocycles. The fourth-order valence-electron chi connectivity index (χ4n) is 3.99. The summed E-state index contributed by atoms with van der Waals surface area (Å²) in [7, 11) is 0. The zero-order valence-electron chi connectivity index (χ0n) is 14.5. The van der Waals surface area contributed by atoms with Gasteiger partial charge in [-0.2, -0.15) is 0 Å². The Morgan fingerprint density at radius 3 is 1.85 bits per heavy atom. The normalized spacial score (nSPS) is 19.9. The van der Waals surface area contributed by atoms with Crippen LogP contribution in [0.3, 0.4) is 0 Å². The predicted molar refractivity (Wildman–Crippen MR) is 110 cm³/mol. The van der Waals surface area contributed by atoms with Gasteiger partial charge < -0.3 is 10.2 Å². The zero-order valence-corrected chi connectivity index (χ0v) is 16.0. The van der Waals surface area contributed by atoms with Gasteiger partial charge in [0.25, 0.3) is 0 Å². The van der Waals surface area contributed by atoms with Crippen molar-refractivity contribution < 1.29 is 10.2 Å². The molecular weight excluding hydrogens is 367 g/mol. The molecule has 2 N–H and O–H groups in total. The third-order valence-electron chi connectivity index (χ3n) is 5.38. The topological polar surface area (TPSA) is 40.5 Å². The van der Waals surface area contributed by atoms with E-state index >= 15 is 0 Å². The highest BCUT2D eigenvalue weighted by Gasteiger charge is 2.30. The molecule has 2 nitrogen and oxygen atoms in total. The van der Waals surface area contributed by atoms with E-state index in [2.05, 4.69) is 25.3 Å². The molecule has 26 heavy (non-hydrogen) atoms. The van der Waals surface area contributed by atoms with E-state index in [4.69, 9.17) is 23.2 Å². The van der Waals surface area contributed by atoms with Crippen LogP contribution in [0, 0.1) is 0 Å². The molecule has 3 rings (SSSR count). The zero-order chi connectivity index (χ0) is 18.8. The van der Waals surface area contributed by atoms with E-state index in [1.54, 1.807) is 0 Å². The van der Waals surface area contributed by atoms with Crippen LogP contribution < -0.4 is 0 Å². The summed E-state index contributed by atoms with van der Waals surface area (Å²) < 4.78 is 0. The Kier molecular flexibility index (Phi) is 5.64. The van der Waals surface area contributed by atoms with Crippen LogP contribution in [0.2, 0.25) is 10.0 Å². The van der Waals surface area contributed by atoms with Crippen molar-refractivity contribution in [3.8, 4) is 11.5 Å². The van der Waals surface area contributed by atoms with Gasteiger partial charge >= 0.3 is 0 Å². The highest BCUT2D eigenvalue weighted by Crippen LogP contribution is 2.50. The maximum Gasteiger partial charge on any atom is 0.142 e. The molecule has 1 saturated carbocycles. The van der Waals surface area contributed by atoms with Crippen LogP contribution in [-0.2, 0) is 0 Å². The highest BCUT2D eigenvalue weighted by atomic mass is 35.5. The van der Waals surface area contributed by atoms with Crippen LogP contribution in [0.1, 0.15) is 59.8 Å². The van der Waals surface area contributed by atoms with Gasteiger partial charge in [0.05, 0.1) is 5.02 Å². The van der Waals surface area contributed by atoms with Crippen molar-refractivity contribution in [2.24, 2.45) is 0 Å². The van der Waals surface area contributed by atoms with Gasteiger partial charge in [0.2, 0.25) is 0 Å².